The van der Waals surface area contributed by atoms with Gasteiger partial charge in [0.15, 0.2) is 9.84 Å². The fourth-order valence-electron chi connectivity index (χ4n) is 3.02. The molecule has 0 heterocycles. The third-order valence-corrected chi connectivity index (χ3v) is 6.77. The van der Waals surface area contributed by atoms with Gasteiger partial charge in [-0.2, -0.15) is 0 Å². The highest BCUT2D eigenvalue weighted by atomic mass is 35.5. The number of aliphatic hydroxyl groups is 1. The van der Waals surface area contributed by atoms with Crippen molar-refractivity contribution >= 4 is 21.4 Å². The molecular formula is C17H17ClO3S. The number of hydrogen-bond donors (Lipinski definition) is 1. The SMILES string of the molecule is Cc1ccc(S(=O)(=O)[C@@H]2[C@@H](CO)[C@@H]2c2cccc(Cl)c2)cc1. The van der Waals surface area contributed by atoms with Crippen molar-refractivity contribution in [3.05, 3.63) is 64.7 Å². The van der Waals surface area contributed by atoms with Crippen molar-refractivity contribution in [3.63, 3.8) is 0 Å². The van der Waals surface area contributed by atoms with E-state index in [1.54, 1.807) is 42.5 Å². The molecule has 1 aliphatic rings. The predicted octanol–water partition coefficient (Wildman–Crippen LogP) is 3.20. The van der Waals surface area contributed by atoms with E-state index in [9.17, 15) is 13.5 Å². The van der Waals surface area contributed by atoms with Gasteiger partial charge >= 0.3 is 0 Å². The zero-order valence-electron chi connectivity index (χ0n) is 12.1. The van der Waals surface area contributed by atoms with E-state index >= 15 is 0 Å². The molecule has 116 valence electrons. The molecule has 1 saturated carbocycles. The number of sulfone groups is 1. The van der Waals surface area contributed by atoms with Gasteiger partial charge in [0.2, 0.25) is 0 Å². The van der Waals surface area contributed by atoms with E-state index in [0.29, 0.717) is 9.92 Å². The van der Waals surface area contributed by atoms with Crippen LogP contribution in [0, 0.1) is 12.8 Å². The predicted molar refractivity (Wildman–Crippen MR) is 86.9 cm³/mol. The number of aliphatic hydroxyl groups excluding tert-OH is 1. The first-order chi connectivity index (χ1) is 10.4. The summed E-state index contributed by atoms with van der Waals surface area (Å²) in [7, 11) is -3.46. The molecule has 2 aromatic rings. The zero-order valence-corrected chi connectivity index (χ0v) is 13.7. The normalized spacial score (nSPS) is 24.2. The lowest BCUT2D eigenvalue weighted by atomic mass is 10.1. The van der Waals surface area contributed by atoms with Crippen LogP contribution < -0.4 is 0 Å². The summed E-state index contributed by atoms with van der Waals surface area (Å²) in [5.74, 6) is -0.472. The van der Waals surface area contributed by atoms with E-state index < -0.39 is 15.1 Å². The lowest BCUT2D eigenvalue weighted by Gasteiger charge is -2.05. The molecule has 0 aliphatic heterocycles. The fraction of sp³-hybridized carbons (Fsp3) is 0.294. The van der Waals surface area contributed by atoms with Gasteiger partial charge in [0.05, 0.1) is 10.1 Å². The van der Waals surface area contributed by atoms with Gasteiger partial charge in [0, 0.05) is 23.5 Å². The first kappa shape index (κ1) is 15.5. The molecule has 22 heavy (non-hydrogen) atoms. The highest BCUT2D eigenvalue weighted by Gasteiger charge is 2.58. The number of hydrogen-bond acceptors (Lipinski definition) is 3. The molecule has 3 atom stereocenters. The smallest absolute Gasteiger partial charge is 0.182 e. The quantitative estimate of drug-likeness (QED) is 0.932. The van der Waals surface area contributed by atoms with Crippen molar-refractivity contribution in [2.24, 2.45) is 5.92 Å². The molecule has 5 heteroatoms. The summed E-state index contributed by atoms with van der Waals surface area (Å²) in [6.07, 6.45) is 0. The lowest BCUT2D eigenvalue weighted by Crippen LogP contribution is -2.11. The topological polar surface area (TPSA) is 54.4 Å². The Balaban J connectivity index is 1.95. The molecule has 0 bridgehead atoms. The Morgan fingerprint density at radius 2 is 1.82 bits per heavy atom. The summed E-state index contributed by atoms with van der Waals surface area (Å²) in [6.45, 7) is 1.77. The van der Waals surface area contributed by atoms with E-state index in [1.807, 2.05) is 13.0 Å². The standard InChI is InChI=1S/C17H17ClO3S/c1-11-5-7-14(8-6-11)22(20,21)17-15(10-19)16(17)12-3-2-4-13(18)9-12/h2-9,15-17,19H,10H2,1H3/t15-,16-,17+/m0/s1. The molecule has 2 aromatic carbocycles. The van der Waals surface area contributed by atoms with Crippen LogP contribution in [-0.4, -0.2) is 25.4 Å². The maximum atomic E-state index is 12.8. The van der Waals surface area contributed by atoms with Gasteiger partial charge in [0.25, 0.3) is 0 Å². The maximum absolute atomic E-state index is 12.8. The second-order valence-corrected chi connectivity index (χ2v) is 8.29. The average Bonchev–Trinajstić information content (AvgIpc) is 3.23. The Kier molecular flexibility index (Phi) is 4.02. The van der Waals surface area contributed by atoms with Crippen molar-refractivity contribution in [2.75, 3.05) is 6.61 Å². The van der Waals surface area contributed by atoms with E-state index in [1.165, 1.54) is 0 Å². The number of halogens is 1. The monoisotopic (exact) mass is 336 g/mol. The van der Waals surface area contributed by atoms with Crippen molar-refractivity contribution in [1.29, 1.82) is 0 Å². The van der Waals surface area contributed by atoms with Crippen molar-refractivity contribution < 1.29 is 13.5 Å². The third kappa shape index (κ3) is 2.67. The highest BCUT2D eigenvalue weighted by Crippen LogP contribution is 2.53. The molecule has 0 saturated heterocycles. The maximum Gasteiger partial charge on any atom is 0.182 e. The number of rotatable bonds is 4. The third-order valence-electron chi connectivity index (χ3n) is 4.25. The fourth-order valence-corrected chi connectivity index (χ4v) is 5.42. The van der Waals surface area contributed by atoms with Gasteiger partial charge in [0.1, 0.15) is 0 Å². The van der Waals surface area contributed by atoms with Gasteiger partial charge in [-0.05, 0) is 36.8 Å². The second-order valence-electron chi connectivity index (χ2n) is 5.75. The van der Waals surface area contributed by atoms with Crippen LogP contribution in [0.15, 0.2) is 53.4 Å². The minimum Gasteiger partial charge on any atom is -0.396 e. The molecule has 3 rings (SSSR count). The Hall–Kier alpha value is -1.36. The Labute approximate surface area is 135 Å². The van der Waals surface area contributed by atoms with Crippen LogP contribution in [0.2, 0.25) is 5.02 Å². The first-order valence-corrected chi connectivity index (χ1v) is 9.04. The Morgan fingerprint density at radius 3 is 2.41 bits per heavy atom. The summed E-state index contributed by atoms with van der Waals surface area (Å²) in [6, 6.07) is 14.0. The molecule has 0 radical (unpaired) electrons. The molecule has 0 spiro atoms. The Morgan fingerprint density at radius 1 is 1.14 bits per heavy atom. The molecule has 1 fully saturated rings. The van der Waals surface area contributed by atoms with Gasteiger partial charge < -0.3 is 5.11 Å². The molecule has 1 aliphatic carbocycles. The van der Waals surface area contributed by atoms with Crippen LogP contribution >= 0.6 is 11.6 Å². The van der Waals surface area contributed by atoms with Crippen LogP contribution in [0.1, 0.15) is 17.0 Å². The molecular weight excluding hydrogens is 320 g/mol. The molecule has 0 unspecified atom stereocenters. The first-order valence-electron chi connectivity index (χ1n) is 7.12. The van der Waals surface area contributed by atoms with Crippen molar-refractivity contribution in [1.82, 2.24) is 0 Å². The van der Waals surface area contributed by atoms with Crippen LogP contribution in [0.5, 0.6) is 0 Å². The van der Waals surface area contributed by atoms with Crippen molar-refractivity contribution in [2.45, 2.75) is 23.0 Å². The lowest BCUT2D eigenvalue weighted by molar-refractivity contribution is 0.274. The van der Waals surface area contributed by atoms with E-state index in [4.69, 9.17) is 11.6 Å². The number of aryl methyl sites for hydroxylation is 1. The summed E-state index contributed by atoms with van der Waals surface area (Å²) >= 11 is 5.99. The van der Waals surface area contributed by atoms with Crippen LogP contribution in [-0.2, 0) is 9.84 Å². The zero-order chi connectivity index (χ0) is 15.9. The largest absolute Gasteiger partial charge is 0.396 e. The summed E-state index contributed by atoms with van der Waals surface area (Å²) in [4.78, 5) is 0.311. The van der Waals surface area contributed by atoms with Crippen LogP contribution in [0.25, 0.3) is 0 Å². The highest BCUT2D eigenvalue weighted by molar-refractivity contribution is 7.92. The molecule has 1 N–H and O–H groups in total. The molecule has 0 aromatic heterocycles. The van der Waals surface area contributed by atoms with Gasteiger partial charge in [-0.1, -0.05) is 41.4 Å². The summed E-state index contributed by atoms with van der Waals surface area (Å²) in [5, 5.41) is 9.53. The summed E-state index contributed by atoms with van der Waals surface area (Å²) in [5.41, 5.74) is 1.88. The van der Waals surface area contributed by atoms with Crippen molar-refractivity contribution in [3.8, 4) is 0 Å². The minimum absolute atomic E-state index is 0.146. The van der Waals surface area contributed by atoms with Crippen LogP contribution in [0.3, 0.4) is 0 Å². The second kappa shape index (κ2) is 5.69. The van der Waals surface area contributed by atoms with E-state index in [2.05, 4.69) is 0 Å². The minimum atomic E-state index is -3.46. The van der Waals surface area contributed by atoms with E-state index in [-0.39, 0.29) is 18.4 Å². The average molecular weight is 337 g/mol. The van der Waals surface area contributed by atoms with Crippen LogP contribution in [0.4, 0.5) is 0 Å². The summed E-state index contributed by atoms with van der Waals surface area (Å²) < 4.78 is 25.6. The van der Waals surface area contributed by atoms with Gasteiger partial charge in [-0.3, -0.25) is 0 Å². The Bertz CT molecular complexity index is 784. The van der Waals surface area contributed by atoms with Gasteiger partial charge in [-0.15, -0.1) is 0 Å². The molecule has 0 amide bonds. The van der Waals surface area contributed by atoms with E-state index in [0.717, 1.165) is 11.1 Å². The van der Waals surface area contributed by atoms with Gasteiger partial charge in [-0.25, -0.2) is 8.42 Å². The molecule has 3 nitrogen and oxygen atoms in total. The number of benzene rings is 2.